The van der Waals surface area contributed by atoms with Crippen molar-refractivity contribution in [2.45, 2.75) is 65.3 Å². The Bertz CT molecular complexity index is 411. The van der Waals surface area contributed by atoms with E-state index in [9.17, 15) is 9.59 Å². The molecule has 2 fully saturated rings. The molecule has 0 spiro atoms. The summed E-state index contributed by atoms with van der Waals surface area (Å²) in [6.07, 6.45) is 7.06. The van der Waals surface area contributed by atoms with Crippen molar-refractivity contribution < 1.29 is 9.59 Å². The fourth-order valence-electron chi connectivity index (χ4n) is 3.95. The first-order valence-electron chi connectivity index (χ1n) is 9.16. The Kier molecular flexibility index (Phi) is 6.45. The molecule has 2 rings (SSSR count). The molecule has 0 aromatic rings. The van der Waals surface area contributed by atoms with E-state index in [1.165, 1.54) is 19.3 Å². The molecule has 5 nitrogen and oxygen atoms in total. The van der Waals surface area contributed by atoms with Gasteiger partial charge in [-0.3, -0.25) is 9.59 Å². The molecule has 1 heterocycles. The quantitative estimate of drug-likeness (QED) is 0.812. The van der Waals surface area contributed by atoms with Gasteiger partial charge in [-0.1, -0.05) is 33.6 Å². The fourth-order valence-corrected chi connectivity index (χ4v) is 3.95. The molecule has 23 heavy (non-hydrogen) atoms. The number of hydrogen-bond donors (Lipinski definition) is 2. The number of carbonyl (C=O) groups is 2. The molecule has 0 bridgehead atoms. The molecule has 2 amide bonds. The molecule has 1 aliphatic carbocycles. The first-order chi connectivity index (χ1) is 10.9. The summed E-state index contributed by atoms with van der Waals surface area (Å²) in [5.41, 5.74) is 0.264. The zero-order chi connectivity index (χ0) is 16.9. The van der Waals surface area contributed by atoms with Crippen molar-refractivity contribution in [3.63, 3.8) is 0 Å². The third-order valence-electron chi connectivity index (χ3n) is 5.30. The number of amides is 2. The molecule has 1 aliphatic heterocycles. The maximum absolute atomic E-state index is 12.0. The highest BCUT2D eigenvalue weighted by Gasteiger charge is 2.34. The van der Waals surface area contributed by atoms with Crippen LogP contribution in [0.15, 0.2) is 0 Å². The number of hydrogen-bond acceptors (Lipinski definition) is 3. The summed E-state index contributed by atoms with van der Waals surface area (Å²) in [5.74, 6) is 0.576. The topological polar surface area (TPSA) is 61.4 Å². The van der Waals surface area contributed by atoms with Gasteiger partial charge in [0.25, 0.3) is 0 Å². The maximum atomic E-state index is 12.0. The van der Waals surface area contributed by atoms with Crippen LogP contribution in [0.2, 0.25) is 0 Å². The van der Waals surface area contributed by atoms with Gasteiger partial charge < -0.3 is 15.5 Å². The van der Waals surface area contributed by atoms with Gasteiger partial charge in [0.1, 0.15) is 0 Å². The number of nitrogens with zero attached hydrogens (tertiary/aromatic N) is 1. The van der Waals surface area contributed by atoms with Crippen LogP contribution in [-0.2, 0) is 9.59 Å². The van der Waals surface area contributed by atoms with Crippen LogP contribution in [0.1, 0.15) is 59.3 Å². The molecular formula is C18H33N3O2. The number of likely N-dealkylation sites (tertiary alicyclic amines) is 1. The Morgan fingerprint density at radius 2 is 1.65 bits per heavy atom. The molecule has 1 saturated heterocycles. The van der Waals surface area contributed by atoms with Crippen molar-refractivity contribution in [3.8, 4) is 0 Å². The van der Waals surface area contributed by atoms with Crippen molar-refractivity contribution in [2.24, 2.45) is 11.3 Å². The van der Waals surface area contributed by atoms with E-state index in [-0.39, 0.29) is 23.8 Å². The molecule has 0 aromatic heterocycles. The lowest BCUT2D eigenvalue weighted by molar-refractivity contribution is -0.131. The minimum atomic E-state index is -0.0734. The first kappa shape index (κ1) is 18.2. The average Bonchev–Trinajstić information content (AvgIpc) is 3.04. The minimum Gasteiger partial charge on any atom is -0.346 e. The third kappa shape index (κ3) is 5.48. The maximum Gasteiger partial charge on any atom is 0.241 e. The monoisotopic (exact) mass is 323 g/mol. The van der Waals surface area contributed by atoms with E-state index in [4.69, 9.17) is 0 Å². The van der Waals surface area contributed by atoms with Crippen LogP contribution in [-0.4, -0.2) is 48.9 Å². The van der Waals surface area contributed by atoms with Gasteiger partial charge in [-0.15, -0.1) is 0 Å². The van der Waals surface area contributed by atoms with E-state index in [0.29, 0.717) is 18.5 Å². The van der Waals surface area contributed by atoms with Gasteiger partial charge in [0.15, 0.2) is 0 Å². The van der Waals surface area contributed by atoms with Crippen LogP contribution in [0.4, 0.5) is 0 Å². The highest BCUT2D eigenvalue weighted by atomic mass is 16.2. The fraction of sp³-hybridized carbons (Fsp3) is 0.889. The Balaban J connectivity index is 1.71. The number of rotatable bonds is 5. The van der Waals surface area contributed by atoms with E-state index in [2.05, 4.69) is 31.4 Å². The Hall–Kier alpha value is -1.10. The van der Waals surface area contributed by atoms with Crippen LogP contribution in [0.5, 0.6) is 0 Å². The van der Waals surface area contributed by atoms with Crippen LogP contribution in [0, 0.1) is 11.3 Å². The van der Waals surface area contributed by atoms with Crippen LogP contribution in [0.25, 0.3) is 0 Å². The highest BCUT2D eigenvalue weighted by Crippen LogP contribution is 2.37. The van der Waals surface area contributed by atoms with Gasteiger partial charge in [-0.2, -0.15) is 0 Å². The van der Waals surface area contributed by atoms with Crippen molar-refractivity contribution in [1.82, 2.24) is 15.5 Å². The lowest BCUT2D eigenvalue weighted by atomic mass is 9.69. The zero-order valence-corrected chi connectivity index (χ0v) is 15.0. The van der Waals surface area contributed by atoms with Gasteiger partial charge >= 0.3 is 0 Å². The van der Waals surface area contributed by atoms with Crippen LogP contribution >= 0.6 is 0 Å². The van der Waals surface area contributed by atoms with Crippen LogP contribution < -0.4 is 10.6 Å². The largest absolute Gasteiger partial charge is 0.346 e. The van der Waals surface area contributed by atoms with Crippen molar-refractivity contribution >= 4 is 11.8 Å². The Morgan fingerprint density at radius 1 is 1.00 bits per heavy atom. The smallest absolute Gasteiger partial charge is 0.241 e. The van der Waals surface area contributed by atoms with E-state index in [0.717, 1.165) is 32.4 Å². The Labute approximate surface area is 140 Å². The first-order valence-corrected chi connectivity index (χ1v) is 9.16. The molecule has 1 saturated carbocycles. The second-order valence-electron chi connectivity index (χ2n) is 8.11. The molecular weight excluding hydrogens is 290 g/mol. The van der Waals surface area contributed by atoms with Gasteiger partial charge in [0.05, 0.1) is 13.1 Å². The lowest BCUT2D eigenvalue weighted by Crippen LogP contribution is -2.48. The van der Waals surface area contributed by atoms with Crippen molar-refractivity contribution in [2.75, 3.05) is 26.2 Å². The average molecular weight is 323 g/mol. The van der Waals surface area contributed by atoms with Gasteiger partial charge in [0, 0.05) is 19.1 Å². The van der Waals surface area contributed by atoms with Gasteiger partial charge in [0.2, 0.25) is 11.8 Å². The molecule has 132 valence electrons. The van der Waals surface area contributed by atoms with E-state index < -0.39 is 0 Å². The second kappa shape index (κ2) is 8.13. The normalized spacial score (nSPS) is 25.4. The van der Waals surface area contributed by atoms with Gasteiger partial charge in [-0.05, 0) is 37.0 Å². The SMILES string of the molecule is CC(C)(C)[C@H]1CCCC[C@H]1NCC(=O)NCC(=O)N1CCCC1. The molecule has 0 aromatic carbocycles. The molecule has 0 unspecified atom stereocenters. The van der Waals surface area contributed by atoms with E-state index >= 15 is 0 Å². The van der Waals surface area contributed by atoms with E-state index in [1.807, 2.05) is 4.90 Å². The molecule has 2 N–H and O–H groups in total. The summed E-state index contributed by atoms with van der Waals surface area (Å²) in [7, 11) is 0. The lowest BCUT2D eigenvalue weighted by Gasteiger charge is -2.40. The highest BCUT2D eigenvalue weighted by molar-refractivity contribution is 5.85. The third-order valence-corrected chi connectivity index (χ3v) is 5.30. The number of nitrogens with one attached hydrogen (secondary N) is 2. The predicted octanol–water partition coefficient (Wildman–Crippen LogP) is 1.92. The van der Waals surface area contributed by atoms with E-state index in [1.54, 1.807) is 0 Å². The molecule has 5 heteroatoms. The molecule has 2 aliphatic rings. The second-order valence-corrected chi connectivity index (χ2v) is 8.11. The van der Waals surface area contributed by atoms with Crippen molar-refractivity contribution in [3.05, 3.63) is 0 Å². The summed E-state index contributed by atoms with van der Waals surface area (Å²) in [6, 6.07) is 0.406. The summed E-state index contributed by atoms with van der Waals surface area (Å²) in [4.78, 5) is 25.8. The molecule has 2 atom stereocenters. The Morgan fingerprint density at radius 3 is 2.30 bits per heavy atom. The van der Waals surface area contributed by atoms with Crippen molar-refractivity contribution in [1.29, 1.82) is 0 Å². The summed E-state index contributed by atoms with van der Waals surface area (Å²) >= 11 is 0. The molecule has 0 radical (unpaired) electrons. The summed E-state index contributed by atoms with van der Waals surface area (Å²) < 4.78 is 0. The zero-order valence-electron chi connectivity index (χ0n) is 15.0. The summed E-state index contributed by atoms with van der Waals surface area (Å²) in [5, 5.41) is 6.19. The number of carbonyl (C=O) groups excluding carboxylic acids is 2. The van der Waals surface area contributed by atoms with Gasteiger partial charge in [-0.25, -0.2) is 0 Å². The summed E-state index contributed by atoms with van der Waals surface area (Å²) in [6.45, 7) is 8.97. The standard InChI is InChI=1S/C18H33N3O2/c1-18(2,3)14-8-4-5-9-15(14)19-12-16(22)20-13-17(23)21-10-6-7-11-21/h14-15,19H,4-13H2,1-3H3,(H,20,22)/t14-,15+/m0/s1. The van der Waals surface area contributed by atoms with Crippen LogP contribution in [0.3, 0.4) is 0 Å². The predicted molar refractivity (Wildman–Crippen MR) is 92.0 cm³/mol. The minimum absolute atomic E-state index is 0.0427.